The van der Waals surface area contributed by atoms with Gasteiger partial charge in [-0.25, -0.2) is 4.79 Å². The molecule has 0 bridgehead atoms. The standard InChI is InChI=1S/C16H28ClNO7SSi/c1-9(25-27(7,8)16(3,4)5)11-13(17)18(14(11)19)12(15(20)21)10(2)24-26(6,22)23/h9,11,13H,1-8H3,(H,20,21)/b12-10+/t9-,11?,13?/m1/s1. The Bertz CT molecular complexity index is 757. The van der Waals surface area contributed by atoms with Crippen molar-refractivity contribution in [2.45, 2.75) is 64.4 Å². The van der Waals surface area contributed by atoms with E-state index in [1.165, 1.54) is 0 Å². The summed E-state index contributed by atoms with van der Waals surface area (Å²) in [6.07, 6.45) is 0.271. The van der Waals surface area contributed by atoms with Gasteiger partial charge in [0.05, 0.1) is 18.3 Å². The zero-order valence-corrected chi connectivity index (χ0v) is 19.4. The molecule has 1 rings (SSSR count). The lowest BCUT2D eigenvalue weighted by molar-refractivity contribution is -0.157. The Balaban J connectivity index is 3.09. The monoisotopic (exact) mass is 441 g/mol. The van der Waals surface area contributed by atoms with Gasteiger partial charge >= 0.3 is 16.1 Å². The van der Waals surface area contributed by atoms with Gasteiger partial charge < -0.3 is 13.7 Å². The Kier molecular flexibility index (Phi) is 6.85. The number of likely N-dealkylation sites (tertiary alicyclic amines) is 1. The van der Waals surface area contributed by atoms with E-state index in [4.69, 9.17) is 16.0 Å². The summed E-state index contributed by atoms with van der Waals surface area (Å²) < 4.78 is 33.4. The SMILES string of the molecule is C/C(OS(C)(=O)=O)=C(/C(=O)O)N1C(=O)C([C@@H](C)O[Si](C)(C)C(C)(C)C)C1Cl. The summed E-state index contributed by atoms with van der Waals surface area (Å²) in [6.45, 7) is 13.2. The summed E-state index contributed by atoms with van der Waals surface area (Å²) in [7, 11) is -6.10. The third kappa shape index (κ3) is 5.24. The number of halogens is 1. The first kappa shape index (κ1) is 23.9. The molecule has 0 aromatic rings. The Morgan fingerprint density at radius 1 is 1.33 bits per heavy atom. The van der Waals surface area contributed by atoms with Crippen molar-refractivity contribution in [3.05, 3.63) is 11.5 Å². The highest BCUT2D eigenvalue weighted by Crippen LogP contribution is 2.42. The normalized spacial score (nSPS) is 23.4. The second-order valence-corrected chi connectivity index (χ2v) is 15.0. The number of rotatable bonds is 7. The van der Waals surface area contributed by atoms with Crippen molar-refractivity contribution < 1.29 is 31.7 Å². The first-order chi connectivity index (χ1) is 11.9. The van der Waals surface area contributed by atoms with Crippen molar-refractivity contribution in [1.82, 2.24) is 4.90 Å². The lowest BCUT2D eigenvalue weighted by Crippen LogP contribution is -2.63. The lowest BCUT2D eigenvalue weighted by Gasteiger charge is -2.48. The quantitative estimate of drug-likeness (QED) is 0.123. The average Bonchev–Trinajstić information content (AvgIpc) is 2.40. The van der Waals surface area contributed by atoms with Crippen LogP contribution in [0.5, 0.6) is 0 Å². The van der Waals surface area contributed by atoms with E-state index in [1.54, 1.807) is 6.92 Å². The van der Waals surface area contributed by atoms with Crippen LogP contribution < -0.4 is 0 Å². The smallest absolute Gasteiger partial charge is 0.356 e. The molecule has 1 fully saturated rings. The molecule has 1 amide bonds. The van der Waals surface area contributed by atoms with Gasteiger partial charge in [0, 0.05) is 0 Å². The molecule has 0 aromatic carbocycles. The summed E-state index contributed by atoms with van der Waals surface area (Å²) in [6, 6.07) is 0. The molecular weight excluding hydrogens is 414 g/mol. The number of allylic oxidation sites excluding steroid dienone is 1. The molecule has 0 aromatic heterocycles. The van der Waals surface area contributed by atoms with Crippen molar-refractivity contribution >= 4 is 41.9 Å². The number of carboxylic acid groups (broad SMARTS) is 1. The number of β-lactam (4-membered cyclic amide) rings is 1. The number of hydrogen-bond acceptors (Lipinski definition) is 6. The number of hydrogen-bond donors (Lipinski definition) is 1. The molecule has 1 saturated heterocycles. The van der Waals surface area contributed by atoms with E-state index >= 15 is 0 Å². The molecular formula is C16H28ClNO7SSi. The molecule has 1 heterocycles. The molecule has 3 atom stereocenters. The lowest BCUT2D eigenvalue weighted by atomic mass is 9.92. The molecule has 1 aliphatic heterocycles. The molecule has 11 heteroatoms. The maximum atomic E-state index is 12.6. The zero-order chi connectivity index (χ0) is 21.5. The van der Waals surface area contributed by atoms with Crippen LogP contribution in [0.25, 0.3) is 0 Å². The largest absolute Gasteiger partial charge is 0.476 e. The highest BCUT2D eigenvalue weighted by molar-refractivity contribution is 7.86. The molecule has 1 aliphatic rings. The predicted molar refractivity (Wildman–Crippen MR) is 104 cm³/mol. The third-order valence-electron chi connectivity index (χ3n) is 4.91. The number of carbonyl (C=O) groups excluding carboxylic acids is 1. The highest BCUT2D eigenvalue weighted by atomic mass is 35.5. The summed E-state index contributed by atoms with van der Waals surface area (Å²) in [5.41, 5.74) is -1.58. The summed E-state index contributed by atoms with van der Waals surface area (Å²) in [4.78, 5) is 25.1. The van der Waals surface area contributed by atoms with Crippen LogP contribution in [0.4, 0.5) is 0 Å². The summed E-state index contributed by atoms with van der Waals surface area (Å²) in [5.74, 6) is -3.22. The minimum Gasteiger partial charge on any atom is -0.476 e. The van der Waals surface area contributed by atoms with Gasteiger partial charge in [0.25, 0.3) is 0 Å². The minimum atomic E-state index is -3.95. The fraction of sp³-hybridized carbons (Fsp3) is 0.750. The number of nitrogens with zero attached hydrogens (tertiary/aromatic N) is 1. The average molecular weight is 442 g/mol. The number of amides is 1. The van der Waals surface area contributed by atoms with E-state index in [0.29, 0.717) is 0 Å². The highest BCUT2D eigenvalue weighted by Gasteiger charge is 2.54. The number of carbonyl (C=O) groups is 2. The molecule has 27 heavy (non-hydrogen) atoms. The van der Waals surface area contributed by atoms with Crippen LogP contribution in [-0.2, 0) is 28.3 Å². The van der Waals surface area contributed by atoms with Gasteiger partial charge in [-0.3, -0.25) is 9.69 Å². The summed E-state index contributed by atoms with van der Waals surface area (Å²) in [5, 5.41) is 9.35. The van der Waals surface area contributed by atoms with E-state index in [2.05, 4.69) is 25.0 Å². The molecule has 1 N–H and O–H groups in total. The Hall–Kier alpha value is -1.10. The van der Waals surface area contributed by atoms with E-state index in [9.17, 15) is 23.1 Å². The Morgan fingerprint density at radius 2 is 1.81 bits per heavy atom. The predicted octanol–water partition coefficient (Wildman–Crippen LogP) is 2.71. The molecule has 0 aliphatic carbocycles. The van der Waals surface area contributed by atoms with Gasteiger partial charge in [0.2, 0.25) is 5.91 Å². The second kappa shape index (κ2) is 7.73. The van der Waals surface area contributed by atoms with Crippen molar-refractivity contribution in [3.8, 4) is 0 Å². The van der Waals surface area contributed by atoms with Crippen molar-refractivity contribution in [1.29, 1.82) is 0 Å². The van der Waals surface area contributed by atoms with Crippen LogP contribution in [0.1, 0.15) is 34.6 Å². The Labute approximate surface area is 166 Å². The summed E-state index contributed by atoms with van der Waals surface area (Å²) >= 11 is 6.31. The van der Waals surface area contributed by atoms with Crippen LogP contribution in [0, 0.1) is 5.92 Å². The first-order valence-electron chi connectivity index (χ1n) is 8.39. The molecule has 0 saturated carbocycles. The third-order valence-corrected chi connectivity index (χ3v) is 10.5. The van der Waals surface area contributed by atoms with Gasteiger partial charge in [-0.2, -0.15) is 8.42 Å². The van der Waals surface area contributed by atoms with Crippen LogP contribution in [0.2, 0.25) is 18.1 Å². The van der Waals surface area contributed by atoms with Crippen LogP contribution in [-0.4, -0.2) is 56.5 Å². The fourth-order valence-corrected chi connectivity index (χ4v) is 5.01. The maximum Gasteiger partial charge on any atom is 0.356 e. The van der Waals surface area contributed by atoms with Crippen molar-refractivity contribution in [2.24, 2.45) is 5.92 Å². The topological polar surface area (TPSA) is 110 Å². The van der Waals surface area contributed by atoms with Crippen LogP contribution >= 0.6 is 11.6 Å². The van der Waals surface area contributed by atoms with Crippen LogP contribution in [0.3, 0.4) is 0 Å². The number of aliphatic carboxylic acids is 1. The van der Waals surface area contributed by atoms with Crippen molar-refractivity contribution in [2.75, 3.05) is 6.26 Å². The number of carboxylic acids is 1. The molecule has 0 radical (unpaired) electrons. The van der Waals surface area contributed by atoms with E-state index in [0.717, 1.165) is 18.1 Å². The number of alkyl halides is 1. The minimum absolute atomic E-state index is 0.0679. The maximum absolute atomic E-state index is 12.6. The molecule has 0 spiro atoms. The zero-order valence-electron chi connectivity index (χ0n) is 16.9. The second-order valence-electron chi connectivity index (χ2n) is 8.19. The van der Waals surface area contributed by atoms with E-state index in [1.807, 2.05) is 13.1 Å². The van der Waals surface area contributed by atoms with Gasteiger partial charge in [-0.1, -0.05) is 32.4 Å². The molecule has 8 nitrogen and oxygen atoms in total. The molecule has 156 valence electrons. The van der Waals surface area contributed by atoms with Gasteiger partial charge in [0.15, 0.2) is 14.0 Å². The van der Waals surface area contributed by atoms with Gasteiger partial charge in [-0.05, 0) is 32.0 Å². The van der Waals surface area contributed by atoms with Gasteiger partial charge in [-0.15, -0.1) is 0 Å². The van der Waals surface area contributed by atoms with E-state index in [-0.39, 0.29) is 5.04 Å². The van der Waals surface area contributed by atoms with Gasteiger partial charge in [0.1, 0.15) is 11.3 Å². The van der Waals surface area contributed by atoms with Crippen LogP contribution in [0.15, 0.2) is 11.5 Å². The first-order valence-corrected chi connectivity index (χ1v) is 13.6. The Morgan fingerprint density at radius 3 is 2.15 bits per heavy atom. The van der Waals surface area contributed by atoms with E-state index < -0.39 is 59.3 Å². The fourth-order valence-electron chi connectivity index (χ4n) is 2.54. The molecule has 2 unspecified atom stereocenters. The van der Waals surface area contributed by atoms with Crippen molar-refractivity contribution in [3.63, 3.8) is 0 Å².